The lowest BCUT2D eigenvalue weighted by Crippen LogP contribution is -2.52. The van der Waals surface area contributed by atoms with Crippen LogP contribution < -0.4 is 10.2 Å². The molecule has 1 aliphatic rings. The lowest BCUT2D eigenvalue weighted by molar-refractivity contribution is 0.101. The molecular weight excluding hydrogens is 387 g/mol. The summed E-state index contributed by atoms with van der Waals surface area (Å²) in [4.78, 5) is 27.7. The van der Waals surface area contributed by atoms with Gasteiger partial charge < -0.3 is 15.1 Å². The Hall–Kier alpha value is -3.49. The quantitative estimate of drug-likeness (QED) is 0.669. The number of hydrogen-bond acceptors (Lipinski definition) is 5. The first-order valence-electron chi connectivity index (χ1n) is 9.84. The molecule has 0 saturated carbocycles. The summed E-state index contributed by atoms with van der Waals surface area (Å²) in [6.07, 6.45) is 1.86. The molecule has 3 heterocycles. The summed E-state index contributed by atoms with van der Waals surface area (Å²) in [6, 6.07) is 9.63. The number of urea groups is 1. The molecule has 156 valence electrons. The average molecular weight is 410 g/mol. The number of carbonyl (C=O) groups is 2. The number of anilines is 1. The highest BCUT2D eigenvalue weighted by Crippen LogP contribution is 2.22. The van der Waals surface area contributed by atoms with E-state index in [4.69, 9.17) is 0 Å². The third-order valence-corrected chi connectivity index (χ3v) is 5.33. The third-order valence-electron chi connectivity index (χ3n) is 5.33. The first-order chi connectivity index (χ1) is 14.4. The van der Waals surface area contributed by atoms with E-state index >= 15 is 0 Å². The van der Waals surface area contributed by atoms with Crippen LogP contribution in [0.15, 0.2) is 42.6 Å². The zero-order valence-electron chi connectivity index (χ0n) is 16.9. The minimum atomic E-state index is -0.423. The van der Waals surface area contributed by atoms with Gasteiger partial charge in [-0.2, -0.15) is 0 Å². The number of nitrogens with zero attached hydrogens (tertiary/aromatic N) is 5. The van der Waals surface area contributed by atoms with E-state index in [1.807, 2.05) is 40.6 Å². The molecule has 0 radical (unpaired) electrons. The zero-order chi connectivity index (χ0) is 21.3. The average Bonchev–Trinajstić information content (AvgIpc) is 3.18. The van der Waals surface area contributed by atoms with E-state index in [2.05, 4.69) is 15.5 Å². The molecule has 1 atom stereocenters. The van der Waals surface area contributed by atoms with Gasteiger partial charge in [0.05, 0.1) is 11.7 Å². The molecule has 4 rings (SSSR count). The highest BCUT2D eigenvalue weighted by atomic mass is 19.1. The number of fused-ring (bicyclic) bond motifs is 1. The summed E-state index contributed by atoms with van der Waals surface area (Å²) < 4.78 is 16.2. The second kappa shape index (κ2) is 8.10. The Balaban J connectivity index is 1.37. The van der Waals surface area contributed by atoms with Gasteiger partial charge in [0.15, 0.2) is 17.3 Å². The summed E-state index contributed by atoms with van der Waals surface area (Å²) in [7, 11) is 0. The van der Waals surface area contributed by atoms with Gasteiger partial charge in [0.2, 0.25) is 0 Å². The van der Waals surface area contributed by atoms with Crippen molar-refractivity contribution in [1.29, 1.82) is 0 Å². The van der Waals surface area contributed by atoms with Crippen molar-refractivity contribution in [2.75, 3.05) is 31.1 Å². The molecule has 8 nitrogen and oxygen atoms in total. The van der Waals surface area contributed by atoms with Crippen LogP contribution in [0, 0.1) is 5.82 Å². The molecule has 0 aliphatic carbocycles. The van der Waals surface area contributed by atoms with Crippen molar-refractivity contribution >= 4 is 23.1 Å². The van der Waals surface area contributed by atoms with Gasteiger partial charge in [-0.1, -0.05) is 6.07 Å². The lowest BCUT2D eigenvalue weighted by Gasteiger charge is -2.36. The Morgan fingerprint density at radius 1 is 1.10 bits per heavy atom. The second-order valence-corrected chi connectivity index (χ2v) is 7.35. The number of Topliss-reactive ketones (excluding diaryl/α,β-unsaturated/α-hetero) is 1. The maximum atomic E-state index is 14.4. The zero-order valence-corrected chi connectivity index (χ0v) is 16.9. The van der Waals surface area contributed by atoms with Gasteiger partial charge in [-0.25, -0.2) is 9.18 Å². The Morgan fingerprint density at radius 3 is 2.57 bits per heavy atom. The van der Waals surface area contributed by atoms with Crippen LogP contribution in [0.5, 0.6) is 0 Å². The normalized spacial score (nSPS) is 15.3. The highest BCUT2D eigenvalue weighted by molar-refractivity contribution is 5.94. The number of aromatic nitrogens is 3. The topological polar surface area (TPSA) is 82.8 Å². The maximum Gasteiger partial charge on any atom is 0.318 e. The van der Waals surface area contributed by atoms with E-state index in [0.29, 0.717) is 43.3 Å². The summed E-state index contributed by atoms with van der Waals surface area (Å²) in [5, 5.41) is 11.3. The fourth-order valence-electron chi connectivity index (χ4n) is 3.63. The number of benzene rings is 1. The number of pyridine rings is 1. The molecular formula is C21H23FN6O2. The van der Waals surface area contributed by atoms with E-state index in [1.165, 1.54) is 13.0 Å². The number of amides is 2. The maximum absolute atomic E-state index is 14.4. The number of rotatable bonds is 4. The number of ketones is 1. The van der Waals surface area contributed by atoms with Crippen LogP contribution in [0.3, 0.4) is 0 Å². The monoisotopic (exact) mass is 410 g/mol. The number of hydrogen-bond donors (Lipinski definition) is 1. The van der Waals surface area contributed by atoms with Gasteiger partial charge in [-0.05, 0) is 44.2 Å². The van der Waals surface area contributed by atoms with Crippen molar-refractivity contribution in [2.24, 2.45) is 0 Å². The van der Waals surface area contributed by atoms with E-state index in [-0.39, 0.29) is 17.9 Å². The number of halogens is 1. The van der Waals surface area contributed by atoms with Crippen LogP contribution in [0.1, 0.15) is 36.1 Å². The van der Waals surface area contributed by atoms with Crippen molar-refractivity contribution in [3.63, 3.8) is 0 Å². The van der Waals surface area contributed by atoms with E-state index in [0.717, 1.165) is 5.65 Å². The molecule has 9 heteroatoms. The first kappa shape index (κ1) is 19.8. The Labute approximate surface area is 173 Å². The number of nitrogens with one attached hydrogen (secondary N) is 1. The lowest BCUT2D eigenvalue weighted by atomic mass is 10.1. The molecule has 30 heavy (non-hydrogen) atoms. The van der Waals surface area contributed by atoms with Crippen LogP contribution in [-0.2, 0) is 0 Å². The molecule has 0 unspecified atom stereocenters. The summed E-state index contributed by atoms with van der Waals surface area (Å²) in [5.41, 5.74) is 1.52. The van der Waals surface area contributed by atoms with Gasteiger partial charge >= 0.3 is 6.03 Å². The molecule has 1 N–H and O–H groups in total. The van der Waals surface area contributed by atoms with Crippen LogP contribution in [-0.4, -0.2) is 57.5 Å². The van der Waals surface area contributed by atoms with Gasteiger partial charge in [-0.15, -0.1) is 10.2 Å². The fourth-order valence-corrected chi connectivity index (χ4v) is 3.63. The minimum Gasteiger partial charge on any atom is -0.366 e. The SMILES string of the molecule is CC(=O)c1ccc(N2CCN(C(=O)N[C@H](C)c3nnc4ccccn34)CC2)c(F)c1. The number of carbonyl (C=O) groups excluding carboxylic acids is 2. The Kier molecular flexibility index (Phi) is 5.35. The van der Waals surface area contributed by atoms with Crippen molar-refractivity contribution < 1.29 is 14.0 Å². The van der Waals surface area contributed by atoms with Crippen molar-refractivity contribution in [2.45, 2.75) is 19.9 Å². The van der Waals surface area contributed by atoms with Gasteiger partial charge in [-0.3, -0.25) is 9.20 Å². The predicted molar refractivity (Wildman–Crippen MR) is 110 cm³/mol. The highest BCUT2D eigenvalue weighted by Gasteiger charge is 2.25. The van der Waals surface area contributed by atoms with Crippen LogP contribution in [0.2, 0.25) is 0 Å². The molecule has 0 spiro atoms. The molecule has 1 aromatic carbocycles. The minimum absolute atomic E-state index is 0.170. The van der Waals surface area contributed by atoms with E-state index < -0.39 is 5.82 Å². The van der Waals surface area contributed by atoms with Gasteiger partial charge in [0, 0.05) is 37.9 Å². The largest absolute Gasteiger partial charge is 0.366 e. The fraction of sp³-hybridized carbons (Fsp3) is 0.333. The molecule has 1 saturated heterocycles. The molecule has 3 aromatic rings. The molecule has 0 bridgehead atoms. The molecule has 1 fully saturated rings. The van der Waals surface area contributed by atoms with Gasteiger partial charge in [0.25, 0.3) is 0 Å². The van der Waals surface area contributed by atoms with Crippen LogP contribution in [0.4, 0.5) is 14.9 Å². The third kappa shape index (κ3) is 3.83. The standard InChI is InChI=1S/C21H23FN6O2/c1-14(20-25-24-19-5-3-4-8-28(19)20)23-21(30)27-11-9-26(10-12-27)18-7-6-16(15(2)29)13-17(18)22/h3-8,13-14H,9-12H2,1-2H3,(H,23,30)/t14-/m1/s1. The van der Waals surface area contributed by atoms with Crippen molar-refractivity contribution in [1.82, 2.24) is 24.8 Å². The van der Waals surface area contributed by atoms with Crippen LogP contribution in [0.25, 0.3) is 5.65 Å². The first-order valence-corrected chi connectivity index (χ1v) is 9.84. The number of piperazine rings is 1. The summed E-state index contributed by atoms with van der Waals surface area (Å²) in [5.74, 6) is 0.0645. The molecule has 1 aliphatic heterocycles. The summed E-state index contributed by atoms with van der Waals surface area (Å²) >= 11 is 0. The van der Waals surface area contributed by atoms with Crippen LogP contribution >= 0.6 is 0 Å². The van der Waals surface area contributed by atoms with E-state index in [9.17, 15) is 14.0 Å². The Bertz CT molecular complexity index is 1090. The Morgan fingerprint density at radius 2 is 1.87 bits per heavy atom. The van der Waals surface area contributed by atoms with Gasteiger partial charge in [0.1, 0.15) is 5.82 Å². The molecule has 2 amide bonds. The van der Waals surface area contributed by atoms with Crippen molar-refractivity contribution in [3.05, 3.63) is 59.8 Å². The smallest absolute Gasteiger partial charge is 0.318 e. The van der Waals surface area contributed by atoms with Crippen molar-refractivity contribution in [3.8, 4) is 0 Å². The second-order valence-electron chi connectivity index (χ2n) is 7.35. The molecule has 2 aromatic heterocycles. The predicted octanol–water partition coefficient (Wildman–Crippen LogP) is 2.66. The summed E-state index contributed by atoms with van der Waals surface area (Å²) in [6.45, 7) is 5.22. The van der Waals surface area contributed by atoms with E-state index in [1.54, 1.807) is 17.0 Å².